The summed E-state index contributed by atoms with van der Waals surface area (Å²) in [6.07, 6.45) is 7.11. The average molecular weight is 335 g/mol. The molecule has 8 nitrogen and oxygen atoms in total. The van der Waals surface area contributed by atoms with E-state index in [1.807, 2.05) is 42.2 Å². The van der Waals surface area contributed by atoms with Gasteiger partial charge in [-0.05, 0) is 17.7 Å². The summed E-state index contributed by atoms with van der Waals surface area (Å²) in [5, 5.41) is 12.6. The Morgan fingerprint density at radius 3 is 2.88 bits per heavy atom. The number of aryl methyl sites for hydroxylation is 1. The van der Waals surface area contributed by atoms with E-state index in [2.05, 4.69) is 25.5 Å². The highest BCUT2D eigenvalue weighted by Gasteiger charge is 2.08. The van der Waals surface area contributed by atoms with Gasteiger partial charge in [-0.25, -0.2) is 9.67 Å². The van der Waals surface area contributed by atoms with Crippen LogP contribution in [0.15, 0.2) is 49.1 Å². The first-order valence-electron chi connectivity index (χ1n) is 7.78. The topological polar surface area (TPSA) is 82.7 Å². The normalized spacial score (nSPS) is 11.0. The summed E-state index contributed by atoms with van der Waals surface area (Å²) >= 11 is 0. The zero-order chi connectivity index (χ0) is 17.2. The maximum Gasteiger partial charge on any atom is 0.229 e. The molecule has 0 saturated carbocycles. The largest absolute Gasteiger partial charge is 0.497 e. The van der Waals surface area contributed by atoms with Gasteiger partial charge in [0.1, 0.15) is 5.75 Å². The molecule has 4 aromatic rings. The van der Waals surface area contributed by atoms with Crippen molar-refractivity contribution in [1.29, 1.82) is 0 Å². The van der Waals surface area contributed by atoms with Crippen molar-refractivity contribution in [1.82, 2.24) is 29.5 Å². The molecule has 0 aliphatic rings. The molecule has 0 aliphatic heterocycles. The van der Waals surface area contributed by atoms with Crippen LogP contribution in [0.2, 0.25) is 0 Å². The van der Waals surface area contributed by atoms with E-state index in [9.17, 15) is 0 Å². The van der Waals surface area contributed by atoms with Gasteiger partial charge in [0.15, 0.2) is 5.65 Å². The van der Waals surface area contributed by atoms with E-state index in [0.29, 0.717) is 12.5 Å². The van der Waals surface area contributed by atoms with Crippen LogP contribution < -0.4 is 10.1 Å². The van der Waals surface area contributed by atoms with Crippen molar-refractivity contribution < 1.29 is 4.74 Å². The van der Waals surface area contributed by atoms with E-state index < -0.39 is 0 Å². The fourth-order valence-corrected chi connectivity index (χ4v) is 2.60. The number of hydrogen-bond donors (Lipinski definition) is 1. The number of rotatable bonds is 5. The summed E-state index contributed by atoms with van der Waals surface area (Å²) in [4.78, 5) is 8.92. The molecular formula is C17H17N7O. The van der Waals surface area contributed by atoms with Crippen LogP contribution in [-0.4, -0.2) is 36.6 Å². The lowest BCUT2D eigenvalue weighted by Crippen LogP contribution is -2.04. The van der Waals surface area contributed by atoms with Crippen molar-refractivity contribution in [2.75, 3.05) is 12.4 Å². The molecule has 8 heteroatoms. The maximum absolute atomic E-state index is 5.28. The highest BCUT2D eigenvalue weighted by molar-refractivity contribution is 5.75. The van der Waals surface area contributed by atoms with Crippen LogP contribution in [0.3, 0.4) is 0 Å². The Hall–Kier alpha value is -3.42. The maximum atomic E-state index is 5.28. The van der Waals surface area contributed by atoms with Gasteiger partial charge >= 0.3 is 0 Å². The standard InChI is InChI=1S/C17H17N7O/c1-23-11-14(9-19-23)21-17-18-7-13-8-20-24(16(13)22-17)10-12-4-3-5-15(6-12)25-2/h3-9,11H,10H2,1-2H3,(H,18,21,22). The molecule has 0 atom stereocenters. The molecule has 1 aromatic carbocycles. The summed E-state index contributed by atoms with van der Waals surface area (Å²) in [6.45, 7) is 0.601. The first-order chi connectivity index (χ1) is 12.2. The molecule has 1 N–H and O–H groups in total. The fraction of sp³-hybridized carbons (Fsp3) is 0.176. The minimum atomic E-state index is 0.507. The number of methoxy groups -OCH3 is 1. The van der Waals surface area contributed by atoms with E-state index >= 15 is 0 Å². The minimum Gasteiger partial charge on any atom is -0.497 e. The molecule has 25 heavy (non-hydrogen) atoms. The number of ether oxygens (including phenoxy) is 1. The Morgan fingerprint density at radius 2 is 2.08 bits per heavy atom. The lowest BCUT2D eigenvalue weighted by Gasteiger charge is -2.06. The molecule has 3 heterocycles. The Balaban J connectivity index is 1.64. The van der Waals surface area contributed by atoms with Crippen LogP contribution in [0.25, 0.3) is 11.0 Å². The molecule has 4 rings (SSSR count). The number of anilines is 2. The minimum absolute atomic E-state index is 0.507. The second-order valence-electron chi connectivity index (χ2n) is 5.65. The molecular weight excluding hydrogens is 318 g/mol. The second-order valence-corrected chi connectivity index (χ2v) is 5.65. The van der Waals surface area contributed by atoms with Gasteiger partial charge in [-0.1, -0.05) is 12.1 Å². The zero-order valence-electron chi connectivity index (χ0n) is 13.9. The Labute approximate surface area is 144 Å². The van der Waals surface area contributed by atoms with E-state index in [4.69, 9.17) is 4.74 Å². The van der Waals surface area contributed by atoms with Crippen LogP contribution in [0.1, 0.15) is 5.56 Å². The van der Waals surface area contributed by atoms with Crippen LogP contribution in [0, 0.1) is 0 Å². The van der Waals surface area contributed by atoms with E-state index in [-0.39, 0.29) is 0 Å². The molecule has 0 fully saturated rings. The molecule has 0 bridgehead atoms. The van der Waals surface area contributed by atoms with Crippen LogP contribution in [-0.2, 0) is 13.6 Å². The van der Waals surface area contributed by atoms with E-state index in [1.165, 1.54) is 0 Å². The molecule has 3 aromatic heterocycles. The third kappa shape index (κ3) is 3.14. The molecule has 0 spiro atoms. The van der Waals surface area contributed by atoms with Crippen LogP contribution in [0.4, 0.5) is 11.6 Å². The number of nitrogens with one attached hydrogen (secondary N) is 1. The summed E-state index contributed by atoms with van der Waals surface area (Å²) < 4.78 is 8.84. The predicted octanol–water partition coefficient (Wildman–Crippen LogP) is 2.36. The van der Waals surface area contributed by atoms with Gasteiger partial charge in [-0.3, -0.25) is 4.68 Å². The molecule has 0 radical (unpaired) electrons. The van der Waals surface area contributed by atoms with Gasteiger partial charge in [0.25, 0.3) is 0 Å². The van der Waals surface area contributed by atoms with Crippen molar-refractivity contribution >= 4 is 22.7 Å². The highest BCUT2D eigenvalue weighted by Crippen LogP contribution is 2.18. The van der Waals surface area contributed by atoms with Gasteiger partial charge in [0.05, 0.1) is 37.1 Å². The van der Waals surface area contributed by atoms with E-state index in [1.54, 1.807) is 30.4 Å². The van der Waals surface area contributed by atoms with Crippen molar-refractivity contribution in [3.8, 4) is 5.75 Å². The van der Waals surface area contributed by atoms with Crippen molar-refractivity contribution in [3.05, 3.63) is 54.6 Å². The number of hydrogen-bond acceptors (Lipinski definition) is 6. The Bertz CT molecular complexity index is 1020. The predicted molar refractivity (Wildman–Crippen MR) is 93.9 cm³/mol. The number of fused-ring (bicyclic) bond motifs is 1. The van der Waals surface area contributed by atoms with Gasteiger partial charge in [0, 0.05) is 19.4 Å². The number of nitrogens with zero attached hydrogens (tertiary/aromatic N) is 6. The summed E-state index contributed by atoms with van der Waals surface area (Å²) in [7, 11) is 3.52. The molecule has 0 unspecified atom stereocenters. The third-order valence-electron chi connectivity index (χ3n) is 3.80. The first kappa shape index (κ1) is 15.1. The van der Waals surface area contributed by atoms with Gasteiger partial charge < -0.3 is 10.1 Å². The van der Waals surface area contributed by atoms with Crippen LogP contribution >= 0.6 is 0 Å². The van der Waals surface area contributed by atoms with Gasteiger partial charge in [-0.2, -0.15) is 15.2 Å². The molecule has 0 saturated heterocycles. The SMILES string of the molecule is COc1cccc(Cn2ncc3cnc(Nc4cnn(C)c4)nc32)c1. The summed E-state index contributed by atoms with van der Waals surface area (Å²) in [6, 6.07) is 7.91. The molecule has 126 valence electrons. The van der Waals surface area contributed by atoms with Crippen molar-refractivity contribution in [2.24, 2.45) is 7.05 Å². The van der Waals surface area contributed by atoms with Gasteiger partial charge in [0.2, 0.25) is 5.95 Å². The average Bonchev–Trinajstić information content (AvgIpc) is 3.21. The van der Waals surface area contributed by atoms with E-state index in [0.717, 1.165) is 28.0 Å². The Kier molecular flexibility index (Phi) is 3.77. The van der Waals surface area contributed by atoms with Crippen molar-refractivity contribution in [3.63, 3.8) is 0 Å². The monoisotopic (exact) mass is 335 g/mol. The quantitative estimate of drug-likeness (QED) is 0.603. The summed E-state index contributed by atoms with van der Waals surface area (Å²) in [5.41, 5.74) is 2.69. The number of benzene rings is 1. The lowest BCUT2D eigenvalue weighted by atomic mass is 10.2. The third-order valence-corrected chi connectivity index (χ3v) is 3.80. The van der Waals surface area contributed by atoms with Gasteiger partial charge in [-0.15, -0.1) is 0 Å². The first-order valence-corrected chi connectivity index (χ1v) is 7.78. The lowest BCUT2D eigenvalue weighted by molar-refractivity contribution is 0.414. The molecule has 0 amide bonds. The number of aromatic nitrogens is 6. The zero-order valence-corrected chi connectivity index (χ0v) is 13.9. The molecule has 0 aliphatic carbocycles. The fourth-order valence-electron chi connectivity index (χ4n) is 2.60. The summed E-state index contributed by atoms with van der Waals surface area (Å²) in [5.74, 6) is 1.33. The highest BCUT2D eigenvalue weighted by atomic mass is 16.5. The van der Waals surface area contributed by atoms with Crippen LogP contribution in [0.5, 0.6) is 5.75 Å². The second kappa shape index (κ2) is 6.23. The van der Waals surface area contributed by atoms with Crippen molar-refractivity contribution in [2.45, 2.75) is 6.54 Å². The Morgan fingerprint density at radius 1 is 1.16 bits per heavy atom. The smallest absolute Gasteiger partial charge is 0.229 e.